The number of ether oxygens (including phenoxy) is 2. The molecule has 0 aromatic carbocycles. The van der Waals surface area contributed by atoms with E-state index in [9.17, 15) is 4.79 Å². The standard InChI is InChI=1S/C24H32N2O3S/c1-19(27)28-17-20-7-15-30-21(20)16-25-13-10-23(22-6-2-5-12-26-22)11-14-29-24(18-23)8-3-4-9-24/h2,5-7,12,15,25H,3-4,8-11,13-14,16-18H2,1H3. The number of carbonyl (C=O) groups excluding carboxylic acids is 1. The number of hydrogen-bond acceptors (Lipinski definition) is 6. The van der Waals surface area contributed by atoms with Crippen LogP contribution in [0.4, 0.5) is 0 Å². The van der Waals surface area contributed by atoms with Gasteiger partial charge in [0.15, 0.2) is 0 Å². The van der Waals surface area contributed by atoms with Crippen molar-refractivity contribution in [2.45, 2.75) is 76.0 Å². The van der Waals surface area contributed by atoms with Crippen LogP contribution in [0.5, 0.6) is 0 Å². The highest BCUT2D eigenvalue weighted by Crippen LogP contribution is 2.49. The number of rotatable bonds is 8. The Bertz CT molecular complexity index is 832. The molecule has 0 bridgehead atoms. The quantitative estimate of drug-likeness (QED) is 0.486. The summed E-state index contributed by atoms with van der Waals surface area (Å²) in [6.07, 6.45) is 10.0. The van der Waals surface area contributed by atoms with Crippen LogP contribution in [-0.4, -0.2) is 29.7 Å². The van der Waals surface area contributed by atoms with E-state index in [0.717, 1.165) is 44.5 Å². The molecule has 1 spiro atoms. The number of carbonyl (C=O) groups is 1. The van der Waals surface area contributed by atoms with Gasteiger partial charge in [0.1, 0.15) is 6.61 Å². The van der Waals surface area contributed by atoms with Crippen molar-refractivity contribution in [3.8, 4) is 0 Å². The van der Waals surface area contributed by atoms with Crippen molar-refractivity contribution in [1.29, 1.82) is 0 Å². The third-order valence-electron chi connectivity index (χ3n) is 6.71. The van der Waals surface area contributed by atoms with E-state index in [0.29, 0.717) is 6.61 Å². The molecule has 2 aromatic rings. The summed E-state index contributed by atoms with van der Waals surface area (Å²) in [6, 6.07) is 8.36. The molecular formula is C24H32N2O3S. The largest absolute Gasteiger partial charge is 0.461 e. The van der Waals surface area contributed by atoms with E-state index >= 15 is 0 Å². The zero-order valence-corrected chi connectivity index (χ0v) is 18.6. The Labute approximate surface area is 183 Å². The molecular weight excluding hydrogens is 396 g/mol. The van der Waals surface area contributed by atoms with Crippen molar-refractivity contribution in [2.24, 2.45) is 0 Å². The lowest BCUT2D eigenvalue weighted by Crippen LogP contribution is -2.47. The molecule has 0 amide bonds. The summed E-state index contributed by atoms with van der Waals surface area (Å²) in [5, 5.41) is 5.70. The highest BCUT2D eigenvalue weighted by molar-refractivity contribution is 7.10. The summed E-state index contributed by atoms with van der Waals surface area (Å²) in [5.74, 6) is -0.238. The van der Waals surface area contributed by atoms with Crippen LogP contribution in [0, 0.1) is 0 Å². The molecule has 1 aliphatic carbocycles. The fraction of sp³-hybridized carbons (Fsp3) is 0.583. The minimum absolute atomic E-state index is 0.0563. The van der Waals surface area contributed by atoms with E-state index in [-0.39, 0.29) is 17.0 Å². The average Bonchev–Trinajstić information content (AvgIpc) is 3.40. The van der Waals surface area contributed by atoms with Gasteiger partial charge in [-0.2, -0.15) is 0 Å². The normalized spacial score (nSPS) is 23.0. The molecule has 30 heavy (non-hydrogen) atoms. The maximum absolute atomic E-state index is 11.1. The summed E-state index contributed by atoms with van der Waals surface area (Å²) in [7, 11) is 0. The van der Waals surface area contributed by atoms with Crippen LogP contribution >= 0.6 is 11.3 Å². The Morgan fingerprint density at radius 2 is 2.13 bits per heavy atom. The molecule has 1 aliphatic heterocycles. The molecule has 4 rings (SSSR count). The van der Waals surface area contributed by atoms with Gasteiger partial charge in [0.05, 0.1) is 5.60 Å². The topological polar surface area (TPSA) is 60.5 Å². The Balaban J connectivity index is 1.40. The highest BCUT2D eigenvalue weighted by atomic mass is 32.1. The first kappa shape index (κ1) is 21.5. The molecule has 2 aromatic heterocycles. The lowest BCUT2D eigenvalue weighted by Gasteiger charge is -2.46. The molecule has 1 saturated heterocycles. The SMILES string of the molecule is CC(=O)OCc1ccsc1CNCCC1(c2ccccn2)CCOC2(CCCC2)C1. The van der Waals surface area contributed by atoms with E-state index in [1.165, 1.54) is 43.2 Å². The van der Waals surface area contributed by atoms with Crippen molar-refractivity contribution in [3.05, 3.63) is 52.0 Å². The summed E-state index contributed by atoms with van der Waals surface area (Å²) >= 11 is 1.71. The highest BCUT2D eigenvalue weighted by Gasteiger charge is 2.48. The van der Waals surface area contributed by atoms with Gasteiger partial charge in [-0.25, -0.2) is 0 Å². The van der Waals surface area contributed by atoms with E-state index in [2.05, 4.69) is 22.8 Å². The molecule has 6 heteroatoms. The fourth-order valence-electron chi connectivity index (χ4n) is 5.16. The van der Waals surface area contributed by atoms with E-state index in [1.54, 1.807) is 11.3 Å². The first-order valence-corrected chi connectivity index (χ1v) is 11.9. The summed E-state index contributed by atoms with van der Waals surface area (Å²) in [5.41, 5.74) is 2.44. The molecule has 162 valence electrons. The number of nitrogens with zero attached hydrogens (tertiary/aromatic N) is 1. The maximum atomic E-state index is 11.1. The average molecular weight is 429 g/mol. The minimum Gasteiger partial charge on any atom is -0.461 e. The van der Waals surface area contributed by atoms with Gasteiger partial charge in [-0.3, -0.25) is 9.78 Å². The third kappa shape index (κ3) is 4.93. The predicted molar refractivity (Wildman–Crippen MR) is 118 cm³/mol. The first-order chi connectivity index (χ1) is 14.6. The van der Waals surface area contributed by atoms with E-state index in [1.807, 2.05) is 18.3 Å². The van der Waals surface area contributed by atoms with Crippen molar-refractivity contribution in [3.63, 3.8) is 0 Å². The molecule has 0 radical (unpaired) electrons. The van der Waals surface area contributed by atoms with Crippen molar-refractivity contribution < 1.29 is 14.3 Å². The second kappa shape index (κ2) is 9.58. The molecule has 3 heterocycles. The minimum atomic E-state index is -0.238. The van der Waals surface area contributed by atoms with Gasteiger partial charge in [0.25, 0.3) is 0 Å². The van der Waals surface area contributed by atoms with Crippen LogP contribution in [0.1, 0.15) is 68.0 Å². The Kier molecular flexibility index (Phi) is 6.86. The lowest BCUT2D eigenvalue weighted by atomic mass is 9.68. The van der Waals surface area contributed by atoms with Gasteiger partial charge in [-0.05, 0) is 62.2 Å². The first-order valence-electron chi connectivity index (χ1n) is 11.1. The van der Waals surface area contributed by atoms with Crippen molar-refractivity contribution in [1.82, 2.24) is 10.3 Å². The number of thiophene rings is 1. The second-order valence-electron chi connectivity index (χ2n) is 8.74. The van der Waals surface area contributed by atoms with Crippen LogP contribution in [0.2, 0.25) is 0 Å². The van der Waals surface area contributed by atoms with Gasteiger partial charge < -0.3 is 14.8 Å². The van der Waals surface area contributed by atoms with Crippen LogP contribution in [0.15, 0.2) is 35.8 Å². The van der Waals surface area contributed by atoms with Crippen LogP contribution < -0.4 is 5.32 Å². The van der Waals surface area contributed by atoms with Crippen LogP contribution in [-0.2, 0) is 32.8 Å². The molecule has 1 atom stereocenters. The summed E-state index contributed by atoms with van der Waals surface area (Å²) in [6.45, 7) is 4.36. The fourth-order valence-corrected chi connectivity index (χ4v) is 6.02. The number of aromatic nitrogens is 1. The van der Waals surface area contributed by atoms with Gasteiger partial charge in [-0.1, -0.05) is 18.9 Å². The van der Waals surface area contributed by atoms with Crippen LogP contribution in [0.25, 0.3) is 0 Å². The Morgan fingerprint density at radius 1 is 1.27 bits per heavy atom. The van der Waals surface area contributed by atoms with Crippen molar-refractivity contribution >= 4 is 17.3 Å². The molecule has 1 unspecified atom stereocenters. The Hall–Kier alpha value is -1.76. The number of nitrogens with one attached hydrogen (secondary N) is 1. The van der Waals surface area contributed by atoms with Crippen LogP contribution in [0.3, 0.4) is 0 Å². The molecule has 2 aliphatic rings. The van der Waals surface area contributed by atoms with Gasteiger partial charge >= 0.3 is 5.97 Å². The predicted octanol–water partition coefficient (Wildman–Crippen LogP) is 4.75. The molecule has 2 fully saturated rings. The lowest BCUT2D eigenvalue weighted by molar-refractivity contribution is -0.142. The zero-order valence-electron chi connectivity index (χ0n) is 17.8. The van der Waals surface area contributed by atoms with Gasteiger partial charge in [0.2, 0.25) is 0 Å². The molecule has 5 nitrogen and oxygen atoms in total. The smallest absolute Gasteiger partial charge is 0.302 e. The number of esters is 1. The summed E-state index contributed by atoms with van der Waals surface area (Å²) in [4.78, 5) is 17.1. The van der Waals surface area contributed by atoms with E-state index < -0.39 is 0 Å². The summed E-state index contributed by atoms with van der Waals surface area (Å²) < 4.78 is 11.5. The molecule has 1 N–H and O–H groups in total. The number of hydrogen-bond donors (Lipinski definition) is 1. The van der Waals surface area contributed by atoms with Crippen molar-refractivity contribution in [2.75, 3.05) is 13.2 Å². The third-order valence-corrected chi connectivity index (χ3v) is 7.67. The second-order valence-corrected chi connectivity index (χ2v) is 9.74. The van der Waals surface area contributed by atoms with E-state index in [4.69, 9.17) is 14.5 Å². The Morgan fingerprint density at radius 3 is 2.90 bits per heavy atom. The maximum Gasteiger partial charge on any atom is 0.302 e. The zero-order chi connectivity index (χ0) is 20.9. The van der Waals surface area contributed by atoms with Gasteiger partial charge in [0, 0.05) is 47.8 Å². The van der Waals surface area contributed by atoms with Gasteiger partial charge in [-0.15, -0.1) is 11.3 Å². The molecule has 1 saturated carbocycles. The monoisotopic (exact) mass is 428 g/mol. The number of pyridine rings is 1.